The number of hydrogen-bond acceptors (Lipinski definition) is 4. The highest BCUT2D eigenvalue weighted by Gasteiger charge is 2.30. The summed E-state index contributed by atoms with van der Waals surface area (Å²) in [6, 6.07) is 5.05. The number of thioether (sulfide) groups is 1. The summed E-state index contributed by atoms with van der Waals surface area (Å²) < 4.78 is 0. The predicted molar refractivity (Wildman–Crippen MR) is 71.8 cm³/mol. The molecular formula is C13H13NO4S. The van der Waals surface area contributed by atoms with Crippen molar-refractivity contribution in [1.29, 1.82) is 0 Å². The van der Waals surface area contributed by atoms with E-state index in [0.29, 0.717) is 11.3 Å². The van der Waals surface area contributed by atoms with Crippen molar-refractivity contribution in [3.05, 3.63) is 23.8 Å². The van der Waals surface area contributed by atoms with Crippen molar-refractivity contribution in [3.63, 3.8) is 0 Å². The van der Waals surface area contributed by atoms with Crippen molar-refractivity contribution in [1.82, 2.24) is 0 Å². The standard InChI is InChI=1S/C13H13NO4S/c1-8-13(18)14(5-4-12(16)17)10-3-2-9(7-15)6-11(10)19-8/h2-3,6-8H,4-5H2,1H3,(H,16,17). The van der Waals surface area contributed by atoms with Crippen LogP contribution in [0.25, 0.3) is 0 Å². The molecule has 1 unspecified atom stereocenters. The van der Waals surface area contributed by atoms with Crippen molar-refractivity contribution < 1.29 is 19.5 Å². The molecule has 1 aliphatic rings. The molecule has 1 aliphatic heterocycles. The summed E-state index contributed by atoms with van der Waals surface area (Å²) in [6.45, 7) is 1.92. The quantitative estimate of drug-likeness (QED) is 0.851. The molecule has 1 aromatic carbocycles. The van der Waals surface area contributed by atoms with Gasteiger partial charge in [-0.15, -0.1) is 11.8 Å². The first-order chi connectivity index (χ1) is 9.02. The molecular weight excluding hydrogens is 266 g/mol. The fourth-order valence-electron chi connectivity index (χ4n) is 1.94. The van der Waals surface area contributed by atoms with Crippen LogP contribution in [0.1, 0.15) is 23.7 Å². The summed E-state index contributed by atoms with van der Waals surface area (Å²) in [5.41, 5.74) is 1.23. The Hall–Kier alpha value is -1.82. The maximum absolute atomic E-state index is 12.1. The van der Waals surface area contributed by atoms with E-state index >= 15 is 0 Å². The summed E-state index contributed by atoms with van der Waals surface area (Å²) in [6.07, 6.45) is 0.654. The van der Waals surface area contributed by atoms with Gasteiger partial charge in [0.2, 0.25) is 5.91 Å². The Bertz CT molecular complexity index is 543. The van der Waals surface area contributed by atoms with E-state index in [2.05, 4.69) is 0 Å². The molecule has 2 rings (SSSR count). The van der Waals surface area contributed by atoms with Gasteiger partial charge in [-0.2, -0.15) is 0 Å². The predicted octanol–water partition coefficient (Wildman–Crippen LogP) is 1.80. The average Bonchev–Trinajstić information content (AvgIpc) is 2.38. The first kappa shape index (κ1) is 13.6. The first-order valence-electron chi connectivity index (χ1n) is 5.82. The van der Waals surface area contributed by atoms with E-state index in [9.17, 15) is 14.4 Å². The summed E-state index contributed by atoms with van der Waals surface area (Å²) >= 11 is 1.39. The van der Waals surface area contributed by atoms with E-state index < -0.39 is 5.97 Å². The number of amides is 1. The number of carboxylic acids is 1. The van der Waals surface area contributed by atoms with E-state index in [-0.39, 0.29) is 24.1 Å². The number of carbonyl (C=O) groups excluding carboxylic acids is 2. The maximum atomic E-state index is 12.1. The van der Waals surface area contributed by atoms with Crippen molar-refractivity contribution in [3.8, 4) is 0 Å². The summed E-state index contributed by atoms with van der Waals surface area (Å²) in [7, 11) is 0. The second-order valence-electron chi connectivity index (χ2n) is 4.24. The monoisotopic (exact) mass is 279 g/mol. The Morgan fingerprint density at radius 2 is 2.26 bits per heavy atom. The minimum Gasteiger partial charge on any atom is -0.481 e. The zero-order chi connectivity index (χ0) is 14.0. The molecule has 0 fully saturated rings. The van der Waals surface area contributed by atoms with Gasteiger partial charge in [0, 0.05) is 17.0 Å². The number of carbonyl (C=O) groups is 3. The molecule has 19 heavy (non-hydrogen) atoms. The Morgan fingerprint density at radius 3 is 2.89 bits per heavy atom. The third-order valence-corrected chi connectivity index (χ3v) is 4.01. The van der Waals surface area contributed by atoms with Crippen LogP contribution in [0.2, 0.25) is 0 Å². The minimum atomic E-state index is -0.940. The third kappa shape index (κ3) is 2.78. The summed E-state index contributed by atoms with van der Waals surface area (Å²) in [5, 5.41) is 8.46. The number of benzene rings is 1. The largest absolute Gasteiger partial charge is 0.481 e. The van der Waals surface area contributed by atoms with Crippen LogP contribution in [-0.4, -0.2) is 35.1 Å². The molecule has 1 aromatic rings. The lowest BCUT2D eigenvalue weighted by atomic mass is 10.2. The highest BCUT2D eigenvalue weighted by molar-refractivity contribution is 8.01. The van der Waals surface area contributed by atoms with E-state index in [1.165, 1.54) is 16.7 Å². The van der Waals surface area contributed by atoms with Crippen LogP contribution in [0.3, 0.4) is 0 Å². The van der Waals surface area contributed by atoms with Gasteiger partial charge in [-0.1, -0.05) is 0 Å². The molecule has 100 valence electrons. The first-order valence-corrected chi connectivity index (χ1v) is 6.70. The number of rotatable bonds is 4. The number of aldehydes is 1. The average molecular weight is 279 g/mol. The van der Waals surface area contributed by atoms with Crippen molar-refractivity contribution in [2.75, 3.05) is 11.4 Å². The second kappa shape index (κ2) is 5.44. The Labute approximate surface area is 114 Å². The van der Waals surface area contributed by atoms with Gasteiger partial charge < -0.3 is 10.0 Å². The van der Waals surface area contributed by atoms with Crippen LogP contribution in [-0.2, 0) is 9.59 Å². The molecule has 0 aromatic heterocycles. The lowest BCUT2D eigenvalue weighted by Crippen LogP contribution is -2.41. The molecule has 0 bridgehead atoms. The smallest absolute Gasteiger partial charge is 0.305 e. The van der Waals surface area contributed by atoms with Crippen molar-refractivity contribution >= 4 is 35.6 Å². The molecule has 1 atom stereocenters. The number of aliphatic carboxylic acids is 1. The fourth-order valence-corrected chi connectivity index (χ4v) is 3.05. The third-order valence-electron chi connectivity index (χ3n) is 2.88. The van der Waals surface area contributed by atoms with Crippen molar-refractivity contribution in [2.45, 2.75) is 23.5 Å². The number of hydrogen-bond donors (Lipinski definition) is 1. The van der Waals surface area contributed by atoms with E-state index in [4.69, 9.17) is 5.11 Å². The van der Waals surface area contributed by atoms with Crippen LogP contribution in [0.4, 0.5) is 5.69 Å². The molecule has 1 N–H and O–H groups in total. The van der Waals surface area contributed by atoms with Crippen LogP contribution in [0.5, 0.6) is 0 Å². The van der Waals surface area contributed by atoms with Gasteiger partial charge in [-0.3, -0.25) is 14.4 Å². The highest BCUT2D eigenvalue weighted by atomic mass is 32.2. The van der Waals surface area contributed by atoms with Crippen LogP contribution < -0.4 is 4.90 Å². The lowest BCUT2D eigenvalue weighted by Gasteiger charge is -2.32. The highest BCUT2D eigenvalue weighted by Crippen LogP contribution is 2.39. The molecule has 1 amide bonds. The number of nitrogens with zero attached hydrogens (tertiary/aromatic N) is 1. The lowest BCUT2D eigenvalue weighted by molar-refractivity contribution is -0.136. The van der Waals surface area contributed by atoms with Gasteiger partial charge in [-0.05, 0) is 25.1 Å². The second-order valence-corrected chi connectivity index (χ2v) is 5.62. The molecule has 0 aliphatic carbocycles. The summed E-state index contributed by atoms with van der Waals surface area (Å²) in [5.74, 6) is -1.04. The fraction of sp³-hybridized carbons (Fsp3) is 0.308. The van der Waals surface area contributed by atoms with Gasteiger partial charge >= 0.3 is 5.97 Å². The van der Waals surface area contributed by atoms with E-state index in [1.54, 1.807) is 25.1 Å². The van der Waals surface area contributed by atoms with Crippen LogP contribution >= 0.6 is 11.8 Å². The van der Waals surface area contributed by atoms with E-state index in [1.807, 2.05) is 0 Å². The molecule has 6 heteroatoms. The van der Waals surface area contributed by atoms with Crippen molar-refractivity contribution in [2.24, 2.45) is 0 Å². The van der Waals surface area contributed by atoms with Gasteiger partial charge in [0.15, 0.2) is 0 Å². The van der Waals surface area contributed by atoms with Gasteiger partial charge in [0.1, 0.15) is 6.29 Å². The molecule has 0 spiro atoms. The summed E-state index contributed by atoms with van der Waals surface area (Å²) in [4.78, 5) is 35.8. The normalized spacial score (nSPS) is 18.1. The van der Waals surface area contributed by atoms with Crippen LogP contribution in [0.15, 0.2) is 23.1 Å². The minimum absolute atomic E-state index is 0.0992. The maximum Gasteiger partial charge on any atom is 0.305 e. The zero-order valence-electron chi connectivity index (χ0n) is 10.3. The molecule has 0 saturated carbocycles. The van der Waals surface area contributed by atoms with Gasteiger partial charge in [0.25, 0.3) is 0 Å². The van der Waals surface area contributed by atoms with Gasteiger partial charge in [0.05, 0.1) is 17.4 Å². The molecule has 0 saturated heterocycles. The van der Waals surface area contributed by atoms with Crippen LogP contribution in [0, 0.1) is 0 Å². The Balaban J connectivity index is 2.35. The Morgan fingerprint density at radius 1 is 1.53 bits per heavy atom. The number of carboxylic acid groups (broad SMARTS) is 1. The number of anilines is 1. The molecule has 0 radical (unpaired) electrons. The molecule has 5 nitrogen and oxygen atoms in total. The van der Waals surface area contributed by atoms with E-state index in [0.717, 1.165) is 11.2 Å². The Kier molecular flexibility index (Phi) is 3.90. The number of fused-ring (bicyclic) bond motifs is 1. The van der Waals surface area contributed by atoms with Gasteiger partial charge in [-0.25, -0.2) is 0 Å². The SMILES string of the molecule is CC1Sc2cc(C=O)ccc2N(CCC(=O)O)C1=O. The topological polar surface area (TPSA) is 74.7 Å². The zero-order valence-corrected chi connectivity index (χ0v) is 11.1. The molecule has 1 heterocycles.